The predicted octanol–water partition coefficient (Wildman–Crippen LogP) is 3.48. The van der Waals surface area contributed by atoms with Crippen molar-refractivity contribution in [3.63, 3.8) is 0 Å². The van der Waals surface area contributed by atoms with Crippen LogP contribution >= 0.6 is 0 Å². The summed E-state index contributed by atoms with van der Waals surface area (Å²) < 4.78 is 24.3. The maximum atomic E-state index is 6.29. The molecule has 0 spiro atoms. The van der Waals surface area contributed by atoms with Crippen molar-refractivity contribution in [2.75, 3.05) is 6.61 Å². The Bertz CT molecular complexity index is 400. The lowest BCUT2D eigenvalue weighted by molar-refractivity contribution is -0.184. The molecule has 0 saturated carbocycles. The molecule has 2 aliphatic heterocycles. The van der Waals surface area contributed by atoms with Gasteiger partial charge in [-0.25, -0.2) is 0 Å². The van der Waals surface area contributed by atoms with E-state index in [2.05, 4.69) is 40.4 Å². The summed E-state index contributed by atoms with van der Waals surface area (Å²) in [5, 5.41) is 0.190. The van der Waals surface area contributed by atoms with Gasteiger partial charge >= 0.3 is 0 Å². The fourth-order valence-electron chi connectivity index (χ4n) is 2.55. The smallest absolute Gasteiger partial charge is 0.192 e. The van der Waals surface area contributed by atoms with Crippen molar-refractivity contribution in [2.24, 2.45) is 0 Å². The summed E-state index contributed by atoms with van der Waals surface area (Å²) in [6, 6.07) is 0. The fraction of sp³-hybridized carbons (Fsp3) is 0.875. The van der Waals surface area contributed by atoms with Gasteiger partial charge in [-0.3, -0.25) is 0 Å². The first-order valence-electron chi connectivity index (χ1n) is 7.74. The summed E-state index contributed by atoms with van der Waals surface area (Å²) in [7, 11) is -1.79. The molecule has 4 atom stereocenters. The molecule has 5 heteroatoms. The lowest BCUT2D eigenvalue weighted by Gasteiger charge is -2.37. The Morgan fingerprint density at radius 1 is 1.19 bits per heavy atom. The molecular weight excluding hydrogens is 284 g/mol. The van der Waals surface area contributed by atoms with E-state index in [4.69, 9.17) is 18.6 Å². The maximum Gasteiger partial charge on any atom is 0.192 e. The third-order valence-corrected chi connectivity index (χ3v) is 9.33. The van der Waals surface area contributed by atoms with Crippen LogP contribution in [0, 0.1) is 0 Å². The van der Waals surface area contributed by atoms with Crippen molar-refractivity contribution in [2.45, 2.75) is 83.0 Å². The molecule has 2 aliphatic rings. The lowest BCUT2D eigenvalue weighted by atomic mass is 10.1. The molecule has 0 aromatic rings. The zero-order chi connectivity index (χ0) is 16.1. The Morgan fingerprint density at radius 2 is 1.76 bits per heavy atom. The Kier molecular flexibility index (Phi) is 4.46. The zero-order valence-corrected chi connectivity index (χ0v) is 15.4. The van der Waals surface area contributed by atoms with Crippen molar-refractivity contribution in [3.05, 3.63) is 12.7 Å². The molecule has 0 unspecified atom stereocenters. The van der Waals surface area contributed by atoms with Crippen LogP contribution in [0.3, 0.4) is 0 Å². The summed E-state index contributed by atoms with van der Waals surface area (Å²) >= 11 is 0. The first-order valence-corrected chi connectivity index (χ1v) is 10.7. The van der Waals surface area contributed by atoms with E-state index in [0.717, 1.165) is 0 Å². The summed E-state index contributed by atoms with van der Waals surface area (Å²) in [5.41, 5.74) is 0. The van der Waals surface area contributed by atoms with Crippen molar-refractivity contribution < 1.29 is 18.6 Å². The maximum absolute atomic E-state index is 6.29. The van der Waals surface area contributed by atoms with Gasteiger partial charge in [0.25, 0.3) is 0 Å². The molecule has 0 aromatic heterocycles. The minimum absolute atomic E-state index is 0.0761. The second kappa shape index (κ2) is 5.46. The molecule has 0 amide bonds. The molecule has 4 nitrogen and oxygen atoms in total. The van der Waals surface area contributed by atoms with Crippen LogP contribution in [0.2, 0.25) is 18.1 Å². The summed E-state index contributed by atoms with van der Waals surface area (Å²) in [4.78, 5) is 0. The number of fused-ring (bicyclic) bond motifs is 1. The summed E-state index contributed by atoms with van der Waals surface area (Å²) in [6.07, 6.45) is 1.44. The fourth-order valence-corrected chi connectivity index (χ4v) is 3.56. The SMILES string of the molecule is C=C[C@@H]1O[C@H](CO[Si](C)(C)C(C)(C)C)[C@H]2OC(C)(C)O[C@H]21. The van der Waals surface area contributed by atoms with Gasteiger partial charge in [-0.15, -0.1) is 6.58 Å². The van der Waals surface area contributed by atoms with Crippen LogP contribution < -0.4 is 0 Å². The van der Waals surface area contributed by atoms with E-state index < -0.39 is 14.1 Å². The molecule has 21 heavy (non-hydrogen) atoms. The number of rotatable bonds is 4. The average Bonchev–Trinajstić information content (AvgIpc) is 2.78. The molecule has 122 valence electrons. The quantitative estimate of drug-likeness (QED) is 0.588. The molecule has 0 N–H and O–H groups in total. The second-order valence-electron chi connectivity index (χ2n) is 8.01. The summed E-state index contributed by atoms with van der Waals surface area (Å²) in [5.74, 6) is -0.560. The summed E-state index contributed by atoms with van der Waals surface area (Å²) in [6.45, 7) is 19.5. The highest BCUT2D eigenvalue weighted by molar-refractivity contribution is 6.74. The predicted molar refractivity (Wildman–Crippen MR) is 85.8 cm³/mol. The molecule has 2 heterocycles. The standard InChI is InChI=1S/C16H30O4Si/c1-9-11-13-14(20-16(5,6)19-13)12(18-11)10-17-21(7,8)15(2,3)4/h9,11-14H,1,10H2,2-8H3/t11-,12+,13-,14+/m0/s1. The van der Waals surface area contributed by atoms with E-state index in [9.17, 15) is 0 Å². The van der Waals surface area contributed by atoms with Crippen LogP contribution in [0.4, 0.5) is 0 Å². The normalized spacial score (nSPS) is 35.8. The minimum atomic E-state index is -1.79. The van der Waals surface area contributed by atoms with Gasteiger partial charge in [0.2, 0.25) is 0 Å². The second-order valence-corrected chi connectivity index (χ2v) is 12.8. The Labute approximate surface area is 129 Å². The number of hydrogen-bond donors (Lipinski definition) is 0. The average molecular weight is 314 g/mol. The third kappa shape index (κ3) is 3.42. The lowest BCUT2D eigenvalue weighted by Crippen LogP contribution is -2.44. The van der Waals surface area contributed by atoms with E-state index in [1.54, 1.807) is 6.08 Å². The van der Waals surface area contributed by atoms with Gasteiger partial charge in [0.1, 0.15) is 24.4 Å². The van der Waals surface area contributed by atoms with Gasteiger partial charge in [-0.05, 0) is 32.0 Å². The van der Waals surface area contributed by atoms with E-state index in [1.165, 1.54) is 0 Å². The number of hydrogen-bond acceptors (Lipinski definition) is 4. The topological polar surface area (TPSA) is 36.9 Å². The van der Waals surface area contributed by atoms with Gasteiger partial charge in [0.15, 0.2) is 14.1 Å². The van der Waals surface area contributed by atoms with Crippen molar-refractivity contribution in [3.8, 4) is 0 Å². The Hall–Kier alpha value is -0.203. The van der Waals surface area contributed by atoms with Crippen LogP contribution in [0.25, 0.3) is 0 Å². The molecule has 2 fully saturated rings. The van der Waals surface area contributed by atoms with Gasteiger partial charge < -0.3 is 18.6 Å². The monoisotopic (exact) mass is 314 g/mol. The first kappa shape index (κ1) is 17.2. The van der Waals surface area contributed by atoms with Crippen LogP contribution in [-0.2, 0) is 18.6 Å². The Balaban J connectivity index is 2.03. The first-order chi connectivity index (χ1) is 9.47. The van der Waals surface area contributed by atoms with Gasteiger partial charge in [0.05, 0.1) is 6.61 Å². The van der Waals surface area contributed by atoms with Crippen LogP contribution in [-0.4, -0.2) is 45.1 Å². The number of ether oxygens (including phenoxy) is 3. The molecule has 0 aromatic carbocycles. The van der Waals surface area contributed by atoms with Gasteiger partial charge in [-0.1, -0.05) is 26.8 Å². The van der Waals surface area contributed by atoms with Crippen molar-refractivity contribution >= 4 is 8.32 Å². The third-order valence-electron chi connectivity index (χ3n) is 4.83. The van der Waals surface area contributed by atoms with Gasteiger partial charge in [-0.2, -0.15) is 0 Å². The van der Waals surface area contributed by atoms with Crippen molar-refractivity contribution in [1.82, 2.24) is 0 Å². The highest BCUT2D eigenvalue weighted by atomic mass is 28.4. The highest BCUT2D eigenvalue weighted by Gasteiger charge is 2.54. The van der Waals surface area contributed by atoms with E-state index in [1.807, 2.05) is 13.8 Å². The molecule has 2 rings (SSSR count). The van der Waals surface area contributed by atoms with E-state index >= 15 is 0 Å². The highest BCUT2D eigenvalue weighted by Crippen LogP contribution is 2.41. The van der Waals surface area contributed by atoms with E-state index in [-0.39, 0.29) is 29.5 Å². The molecule has 0 aliphatic carbocycles. The zero-order valence-electron chi connectivity index (χ0n) is 14.4. The molecule has 0 radical (unpaired) electrons. The minimum Gasteiger partial charge on any atom is -0.414 e. The Morgan fingerprint density at radius 3 is 2.29 bits per heavy atom. The van der Waals surface area contributed by atoms with Crippen LogP contribution in [0.5, 0.6) is 0 Å². The van der Waals surface area contributed by atoms with Crippen LogP contribution in [0.15, 0.2) is 12.7 Å². The van der Waals surface area contributed by atoms with Gasteiger partial charge in [0, 0.05) is 0 Å². The molecular formula is C16H30O4Si. The van der Waals surface area contributed by atoms with Crippen molar-refractivity contribution in [1.29, 1.82) is 0 Å². The van der Waals surface area contributed by atoms with E-state index in [0.29, 0.717) is 6.61 Å². The largest absolute Gasteiger partial charge is 0.414 e. The molecule has 2 saturated heterocycles. The van der Waals surface area contributed by atoms with Crippen LogP contribution in [0.1, 0.15) is 34.6 Å². The molecule has 0 bridgehead atoms.